The third-order valence-corrected chi connectivity index (χ3v) is 2.03. The molecule has 0 saturated carbocycles. The highest BCUT2D eigenvalue weighted by molar-refractivity contribution is 5.92. The largest absolute Gasteiger partial charge is 0.366 e. The molecule has 3 heteroatoms. The van der Waals surface area contributed by atoms with Gasteiger partial charge in [-0.2, -0.15) is 0 Å². The van der Waals surface area contributed by atoms with E-state index in [4.69, 9.17) is 5.73 Å². The first-order valence-electron chi connectivity index (χ1n) is 5.02. The molecule has 0 spiro atoms. The fourth-order valence-electron chi connectivity index (χ4n) is 1.20. The highest BCUT2D eigenvalue weighted by Gasteiger charge is 2.08. The van der Waals surface area contributed by atoms with E-state index in [9.17, 15) is 4.79 Å². The summed E-state index contributed by atoms with van der Waals surface area (Å²) in [4.78, 5) is 11.0. The lowest BCUT2D eigenvalue weighted by atomic mass is 10.1. The number of rotatable bonds is 3. The molecule has 1 aromatic carbocycles. The molecule has 0 aliphatic rings. The summed E-state index contributed by atoms with van der Waals surface area (Å²) in [6.07, 6.45) is 0. The number of nitrogens with two attached hydrogens (primary N) is 1. The third kappa shape index (κ3) is 4.13. The van der Waals surface area contributed by atoms with Crippen LogP contribution in [0.25, 0.3) is 0 Å². The third-order valence-electron chi connectivity index (χ3n) is 2.03. The fraction of sp³-hybridized carbons (Fsp3) is 0.417. The van der Waals surface area contributed by atoms with Crippen LogP contribution in [-0.2, 0) is 6.54 Å². The van der Waals surface area contributed by atoms with Crippen LogP contribution in [0.3, 0.4) is 0 Å². The normalized spacial score (nSPS) is 11.4. The van der Waals surface area contributed by atoms with E-state index in [1.165, 1.54) is 0 Å². The average Bonchev–Trinajstić information content (AvgIpc) is 2.14. The summed E-state index contributed by atoms with van der Waals surface area (Å²) in [6.45, 7) is 7.05. The number of amides is 1. The Morgan fingerprint density at radius 2 is 2.07 bits per heavy atom. The minimum atomic E-state index is -0.382. The number of primary amides is 1. The maximum Gasteiger partial charge on any atom is 0.248 e. The quantitative estimate of drug-likeness (QED) is 0.790. The summed E-state index contributed by atoms with van der Waals surface area (Å²) in [6, 6.07) is 7.37. The van der Waals surface area contributed by atoms with Gasteiger partial charge >= 0.3 is 0 Å². The van der Waals surface area contributed by atoms with E-state index in [2.05, 4.69) is 26.1 Å². The number of benzene rings is 1. The Labute approximate surface area is 90.7 Å². The van der Waals surface area contributed by atoms with Gasteiger partial charge in [-0.3, -0.25) is 4.79 Å². The molecule has 1 aromatic rings. The van der Waals surface area contributed by atoms with Gasteiger partial charge in [0.1, 0.15) is 0 Å². The molecule has 0 aromatic heterocycles. The minimum absolute atomic E-state index is 0.0722. The van der Waals surface area contributed by atoms with Crippen LogP contribution in [0.1, 0.15) is 36.7 Å². The molecule has 0 atom stereocenters. The van der Waals surface area contributed by atoms with Gasteiger partial charge in [-0.1, -0.05) is 12.1 Å². The number of carbonyl (C=O) groups excluding carboxylic acids is 1. The van der Waals surface area contributed by atoms with Gasteiger partial charge in [-0.15, -0.1) is 0 Å². The van der Waals surface area contributed by atoms with E-state index in [1.54, 1.807) is 6.07 Å². The van der Waals surface area contributed by atoms with Crippen LogP contribution in [-0.4, -0.2) is 11.4 Å². The molecule has 0 aliphatic heterocycles. The van der Waals surface area contributed by atoms with Gasteiger partial charge in [0.15, 0.2) is 0 Å². The van der Waals surface area contributed by atoms with Crippen molar-refractivity contribution in [2.45, 2.75) is 32.9 Å². The Bertz CT molecular complexity index is 353. The Balaban J connectivity index is 2.70. The lowest BCUT2D eigenvalue weighted by Gasteiger charge is -2.20. The number of carbonyl (C=O) groups is 1. The highest BCUT2D eigenvalue weighted by atomic mass is 16.1. The fourth-order valence-corrected chi connectivity index (χ4v) is 1.20. The minimum Gasteiger partial charge on any atom is -0.366 e. The summed E-state index contributed by atoms with van der Waals surface area (Å²) in [5, 5.41) is 3.35. The van der Waals surface area contributed by atoms with Gasteiger partial charge in [0.05, 0.1) is 0 Å². The van der Waals surface area contributed by atoms with Crippen LogP contribution < -0.4 is 11.1 Å². The maximum atomic E-state index is 11.0. The number of hydrogen-bond donors (Lipinski definition) is 2. The standard InChI is InChI=1S/C12H18N2O/c1-12(2,3)14-8-9-5-4-6-10(7-9)11(13)15/h4-7,14H,8H2,1-3H3,(H2,13,15). The first-order chi connectivity index (χ1) is 6.88. The monoisotopic (exact) mass is 206 g/mol. The molecule has 0 unspecified atom stereocenters. The van der Waals surface area contributed by atoms with Crippen molar-refractivity contribution in [2.24, 2.45) is 5.73 Å². The molecule has 82 valence electrons. The van der Waals surface area contributed by atoms with Crippen molar-refractivity contribution in [2.75, 3.05) is 0 Å². The first kappa shape index (κ1) is 11.7. The van der Waals surface area contributed by atoms with Crippen molar-refractivity contribution in [3.05, 3.63) is 35.4 Å². The van der Waals surface area contributed by atoms with Crippen LogP contribution in [0.4, 0.5) is 0 Å². The lowest BCUT2D eigenvalue weighted by molar-refractivity contribution is 0.1000. The van der Waals surface area contributed by atoms with Crippen molar-refractivity contribution in [3.63, 3.8) is 0 Å². The highest BCUT2D eigenvalue weighted by Crippen LogP contribution is 2.07. The Kier molecular flexibility index (Phi) is 3.48. The van der Waals surface area contributed by atoms with Crippen LogP contribution in [0.5, 0.6) is 0 Å². The van der Waals surface area contributed by atoms with Gasteiger partial charge in [0.2, 0.25) is 5.91 Å². The van der Waals surface area contributed by atoms with Gasteiger partial charge in [0, 0.05) is 17.6 Å². The predicted octanol–water partition coefficient (Wildman–Crippen LogP) is 1.67. The zero-order valence-corrected chi connectivity index (χ0v) is 9.50. The molecule has 0 saturated heterocycles. The van der Waals surface area contributed by atoms with Crippen molar-refractivity contribution in [3.8, 4) is 0 Å². The molecule has 0 bridgehead atoms. The molecule has 3 nitrogen and oxygen atoms in total. The zero-order chi connectivity index (χ0) is 11.5. The van der Waals surface area contributed by atoms with E-state index < -0.39 is 0 Å². The molecule has 0 aliphatic carbocycles. The Hall–Kier alpha value is -1.35. The summed E-state index contributed by atoms with van der Waals surface area (Å²) in [5.74, 6) is -0.382. The van der Waals surface area contributed by atoms with Crippen LogP contribution in [0.15, 0.2) is 24.3 Å². The smallest absolute Gasteiger partial charge is 0.248 e. The van der Waals surface area contributed by atoms with E-state index in [0.29, 0.717) is 5.56 Å². The van der Waals surface area contributed by atoms with Gasteiger partial charge in [-0.25, -0.2) is 0 Å². The molecule has 1 rings (SSSR count). The second-order valence-electron chi connectivity index (χ2n) is 4.67. The van der Waals surface area contributed by atoms with E-state index in [-0.39, 0.29) is 11.4 Å². The van der Waals surface area contributed by atoms with E-state index in [0.717, 1.165) is 12.1 Å². The molecule has 1 amide bonds. The summed E-state index contributed by atoms with van der Waals surface area (Å²) in [5.41, 5.74) is 6.91. The SMILES string of the molecule is CC(C)(C)NCc1cccc(C(N)=O)c1. The zero-order valence-electron chi connectivity index (χ0n) is 9.50. The van der Waals surface area contributed by atoms with Gasteiger partial charge < -0.3 is 11.1 Å². The Morgan fingerprint density at radius 1 is 1.40 bits per heavy atom. The second-order valence-corrected chi connectivity index (χ2v) is 4.67. The topological polar surface area (TPSA) is 55.1 Å². The predicted molar refractivity (Wildman–Crippen MR) is 61.6 cm³/mol. The molecule has 15 heavy (non-hydrogen) atoms. The molecule has 3 N–H and O–H groups in total. The van der Waals surface area contributed by atoms with Crippen LogP contribution in [0, 0.1) is 0 Å². The van der Waals surface area contributed by atoms with E-state index in [1.807, 2.05) is 18.2 Å². The Morgan fingerprint density at radius 3 is 2.60 bits per heavy atom. The molecule has 0 radical (unpaired) electrons. The molecule has 0 fully saturated rings. The van der Waals surface area contributed by atoms with E-state index >= 15 is 0 Å². The molecular formula is C12H18N2O. The number of nitrogens with one attached hydrogen (secondary N) is 1. The van der Waals surface area contributed by atoms with Crippen molar-refractivity contribution >= 4 is 5.91 Å². The first-order valence-corrected chi connectivity index (χ1v) is 5.02. The van der Waals surface area contributed by atoms with Gasteiger partial charge in [-0.05, 0) is 38.5 Å². The van der Waals surface area contributed by atoms with Gasteiger partial charge in [0.25, 0.3) is 0 Å². The molecule has 0 heterocycles. The van der Waals surface area contributed by atoms with Crippen LogP contribution >= 0.6 is 0 Å². The maximum absolute atomic E-state index is 11.0. The van der Waals surface area contributed by atoms with Crippen molar-refractivity contribution in [1.82, 2.24) is 5.32 Å². The van der Waals surface area contributed by atoms with Crippen molar-refractivity contribution in [1.29, 1.82) is 0 Å². The summed E-state index contributed by atoms with van der Waals surface area (Å²) in [7, 11) is 0. The molecular weight excluding hydrogens is 188 g/mol. The lowest BCUT2D eigenvalue weighted by Crippen LogP contribution is -2.35. The summed E-state index contributed by atoms with van der Waals surface area (Å²) < 4.78 is 0. The van der Waals surface area contributed by atoms with Crippen LogP contribution in [0.2, 0.25) is 0 Å². The average molecular weight is 206 g/mol. The summed E-state index contributed by atoms with van der Waals surface area (Å²) >= 11 is 0. The van der Waals surface area contributed by atoms with Crippen molar-refractivity contribution < 1.29 is 4.79 Å². The number of hydrogen-bond acceptors (Lipinski definition) is 2. The second kappa shape index (κ2) is 4.45.